The van der Waals surface area contributed by atoms with E-state index in [4.69, 9.17) is 23.2 Å². The zero-order valence-electron chi connectivity index (χ0n) is 25.1. The summed E-state index contributed by atoms with van der Waals surface area (Å²) in [7, 11) is -4.27. The van der Waals surface area contributed by atoms with E-state index in [-0.39, 0.29) is 29.5 Å². The van der Waals surface area contributed by atoms with E-state index in [1.54, 1.807) is 18.2 Å². The standard InChI is InChI=1S/C34H34BrCl2N3O4S/c1-34(2,3)38-33(42)31(20-24-8-5-4-6-9-24)39(22-25-12-14-26(35)15-13-25)32(41)23-40(29-11-7-10-28(37)21-29)45(43,44)30-18-16-27(36)17-19-30/h4-19,21,31H,20,22-23H2,1-3H3,(H,38,42)/t31-/m0/s1. The van der Waals surface area contributed by atoms with Gasteiger partial charge in [0.1, 0.15) is 12.6 Å². The molecule has 11 heteroatoms. The normalized spacial score (nSPS) is 12.3. The van der Waals surface area contributed by atoms with Crippen molar-refractivity contribution >= 4 is 66.7 Å². The highest BCUT2D eigenvalue weighted by Gasteiger charge is 2.35. The molecular formula is C34H34BrCl2N3O4S. The van der Waals surface area contributed by atoms with Crippen LogP contribution >= 0.6 is 39.1 Å². The summed E-state index contributed by atoms with van der Waals surface area (Å²) in [5, 5.41) is 3.69. The van der Waals surface area contributed by atoms with E-state index in [2.05, 4.69) is 21.2 Å². The summed E-state index contributed by atoms with van der Waals surface area (Å²) >= 11 is 15.8. The minimum Gasteiger partial charge on any atom is -0.350 e. The van der Waals surface area contributed by atoms with Crippen LogP contribution in [0.2, 0.25) is 10.0 Å². The van der Waals surface area contributed by atoms with Gasteiger partial charge in [-0.1, -0.05) is 87.7 Å². The molecule has 0 radical (unpaired) electrons. The van der Waals surface area contributed by atoms with Crippen molar-refractivity contribution in [3.05, 3.63) is 129 Å². The summed E-state index contributed by atoms with van der Waals surface area (Å²) < 4.78 is 30.0. The fourth-order valence-electron chi connectivity index (χ4n) is 4.69. The monoisotopic (exact) mass is 729 g/mol. The van der Waals surface area contributed by atoms with Crippen LogP contribution in [0.15, 0.2) is 112 Å². The van der Waals surface area contributed by atoms with Gasteiger partial charge in [0.25, 0.3) is 10.0 Å². The van der Waals surface area contributed by atoms with Crippen LogP contribution in [0.4, 0.5) is 5.69 Å². The molecule has 7 nitrogen and oxygen atoms in total. The van der Waals surface area contributed by atoms with E-state index in [0.717, 1.165) is 19.9 Å². The fraction of sp³-hybridized carbons (Fsp3) is 0.235. The fourth-order valence-corrected chi connectivity index (χ4v) is 6.67. The Morgan fingerprint density at radius 3 is 2.07 bits per heavy atom. The average molecular weight is 732 g/mol. The summed E-state index contributed by atoms with van der Waals surface area (Å²) in [6.07, 6.45) is 0.214. The first-order chi connectivity index (χ1) is 21.2. The van der Waals surface area contributed by atoms with Gasteiger partial charge in [0.05, 0.1) is 10.6 Å². The second-order valence-corrected chi connectivity index (χ2v) is 15.2. The summed E-state index contributed by atoms with van der Waals surface area (Å²) in [6.45, 7) is 5.07. The predicted octanol–water partition coefficient (Wildman–Crippen LogP) is 7.51. The second-order valence-electron chi connectivity index (χ2n) is 11.5. The maximum absolute atomic E-state index is 14.5. The molecule has 0 aliphatic rings. The lowest BCUT2D eigenvalue weighted by molar-refractivity contribution is -0.140. The van der Waals surface area contributed by atoms with Crippen molar-refractivity contribution < 1.29 is 18.0 Å². The number of benzene rings is 4. The van der Waals surface area contributed by atoms with E-state index >= 15 is 0 Å². The van der Waals surface area contributed by atoms with Crippen LogP contribution < -0.4 is 9.62 Å². The van der Waals surface area contributed by atoms with Gasteiger partial charge >= 0.3 is 0 Å². The van der Waals surface area contributed by atoms with Gasteiger partial charge in [-0.05, 0) is 86.5 Å². The van der Waals surface area contributed by atoms with E-state index in [0.29, 0.717) is 10.0 Å². The highest BCUT2D eigenvalue weighted by Crippen LogP contribution is 2.28. The molecule has 0 unspecified atom stereocenters. The Hall–Kier alpha value is -3.37. The van der Waals surface area contributed by atoms with E-state index in [9.17, 15) is 18.0 Å². The molecule has 0 spiro atoms. The largest absolute Gasteiger partial charge is 0.350 e. The molecule has 0 heterocycles. The summed E-state index contributed by atoms with van der Waals surface area (Å²) in [5.74, 6) is -0.924. The van der Waals surface area contributed by atoms with Crippen LogP contribution in [-0.2, 0) is 32.6 Å². The minimum atomic E-state index is -4.27. The Labute approximate surface area is 283 Å². The van der Waals surface area contributed by atoms with Crippen molar-refractivity contribution in [1.82, 2.24) is 10.2 Å². The number of hydrogen-bond donors (Lipinski definition) is 1. The first-order valence-corrected chi connectivity index (χ1v) is 17.2. The van der Waals surface area contributed by atoms with E-state index in [1.807, 2.05) is 75.4 Å². The van der Waals surface area contributed by atoms with Crippen LogP contribution in [0.25, 0.3) is 0 Å². The molecule has 0 fully saturated rings. The predicted molar refractivity (Wildman–Crippen MR) is 184 cm³/mol. The number of anilines is 1. The molecule has 45 heavy (non-hydrogen) atoms. The molecule has 0 saturated carbocycles. The van der Waals surface area contributed by atoms with Crippen molar-refractivity contribution in [1.29, 1.82) is 0 Å². The molecule has 0 bridgehead atoms. The minimum absolute atomic E-state index is 0.0505. The number of sulfonamides is 1. The number of rotatable bonds is 11. The van der Waals surface area contributed by atoms with Gasteiger partial charge in [-0.2, -0.15) is 0 Å². The van der Waals surface area contributed by atoms with E-state index < -0.39 is 34.1 Å². The molecule has 2 amide bonds. The Kier molecular flexibility index (Phi) is 11.4. The van der Waals surface area contributed by atoms with Crippen molar-refractivity contribution in [3.63, 3.8) is 0 Å². The van der Waals surface area contributed by atoms with Gasteiger partial charge in [0.15, 0.2) is 0 Å². The Balaban J connectivity index is 1.81. The van der Waals surface area contributed by atoms with Gasteiger partial charge in [-0.3, -0.25) is 13.9 Å². The van der Waals surface area contributed by atoms with Crippen LogP contribution in [0, 0.1) is 0 Å². The Morgan fingerprint density at radius 1 is 0.822 bits per heavy atom. The van der Waals surface area contributed by atoms with Gasteiger partial charge in [-0.15, -0.1) is 0 Å². The number of amides is 2. The van der Waals surface area contributed by atoms with Crippen LogP contribution in [0.5, 0.6) is 0 Å². The number of carbonyl (C=O) groups is 2. The summed E-state index contributed by atoms with van der Waals surface area (Å²) in [6, 6.07) is 27.8. The second kappa shape index (κ2) is 14.8. The van der Waals surface area contributed by atoms with Gasteiger partial charge < -0.3 is 10.2 Å². The summed E-state index contributed by atoms with van der Waals surface area (Å²) in [5.41, 5.74) is 1.24. The first-order valence-electron chi connectivity index (χ1n) is 14.2. The Morgan fingerprint density at radius 2 is 1.47 bits per heavy atom. The van der Waals surface area contributed by atoms with Crippen LogP contribution in [-0.4, -0.2) is 43.3 Å². The first kappa shape index (κ1) is 34.5. The summed E-state index contributed by atoms with van der Waals surface area (Å²) in [4.78, 5) is 29.8. The number of nitrogens with one attached hydrogen (secondary N) is 1. The smallest absolute Gasteiger partial charge is 0.264 e. The van der Waals surface area contributed by atoms with Crippen LogP contribution in [0.3, 0.4) is 0 Å². The lowest BCUT2D eigenvalue weighted by Crippen LogP contribution is -2.56. The van der Waals surface area contributed by atoms with Gasteiger partial charge in [0.2, 0.25) is 11.8 Å². The lowest BCUT2D eigenvalue weighted by atomic mass is 10.0. The third-order valence-corrected chi connectivity index (χ3v) is 9.62. The van der Waals surface area contributed by atoms with Crippen molar-refractivity contribution in [2.24, 2.45) is 0 Å². The SMILES string of the molecule is CC(C)(C)NC(=O)[C@H](Cc1ccccc1)N(Cc1ccc(Br)cc1)C(=O)CN(c1cccc(Cl)c1)S(=O)(=O)c1ccc(Cl)cc1. The molecule has 1 atom stereocenters. The molecule has 1 N–H and O–H groups in total. The lowest BCUT2D eigenvalue weighted by Gasteiger charge is -2.35. The number of carbonyl (C=O) groups excluding carboxylic acids is 2. The molecule has 4 rings (SSSR count). The number of halogens is 3. The van der Waals surface area contributed by atoms with Crippen molar-refractivity contribution in [2.75, 3.05) is 10.8 Å². The highest BCUT2D eigenvalue weighted by atomic mass is 79.9. The maximum Gasteiger partial charge on any atom is 0.264 e. The van der Waals surface area contributed by atoms with Crippen molar-refractivity contribution in [3.8, 4) is 0 Å². The zero-order valence-corrected chi connectivity index (χ0v) is 29.0. The van der Waals surface area contributed by atoms with Gasteiger partial charge in [0, 0.05) is 33.0 Å². The van der Waals surface area contributed by atoms with Gasteiger partial charge in [-0.25, -0.2) is 8.42 Å². The Bertz CT molecular complexity index is 1730. The molecule has 0 aliphatic heterocycles. The maximum atomic E-state index is 14.5. The quantitative estimate of drug-likeness (QED) is 0.173. The average Bonchev–Trinajstić information content (AvgIpc) is 2.98. The molecular weight excluding hydrogens is 697 g/mol. The number of hydrogen-bond acceptors (Lipinski definition) is 4. The van der Waals surface area contributed by atoms with Crippen LogP contribution in [0.1, 0.15) is 31.9 Å². The molecule has 0 saturated heterocycles. The molecule has 236 valence electrons. The van der Waals surface area contributed by atoms with E-state index in [1.165, 1.54) is 35.2 Å². The molecule has 0 aromatic heterocycles. The molecule has 4 aromatic carbocycles. The third kappa shape index (κ3) is 9.56. The zero-order chi connectivity index (χ0) is 32.8. The number of nitrogens with zero attached hydrogens (tertiary/aromatic N) is 2. The highest BCUT2D eigenvalue weighted by molar-refractivity contribution is 9.10. The van der Waals surface area contributed by atoms with Crippen molar-refractivity contribution in [2.45, 2.75) is 50.2 Å². The topological polar surface area (TPSA) is 86.8 Å². The third-order valence-electron chi connectivity index (χ3n) is 6.81. The molecule has 4 aromatic rings. The molecule has 0 aliphatic carbocycles.